The first-order chi connectivity index (χ1) is 14.4. The van der Waals surface area contributed by atoms with Gasteiger partial charge in [0, 0.05) is 39.3 Å². The molecule has 2 heterocycles. The van der Waals surface area contributed by atoms with Crippen molar-refractivity contribution in [3.63, 3.8) is 0 Å². The molecule has 0 radical (unpaired) electrons. The number of hydrogen-bond acceptors (Lipinski definition) is 5. The molecule has 8 heteroatoms. The fraction of sp³-hybridized carbons (Fsp3) is 0.636. The van der Waals surface area contributed by atoms with Crippen molar-refractivity contribution in [2.75, 3.05) is 57.3 Å². The molecule has 0 bridgehead atoms. The molecule has 2 saturated heterocycles. The molecule has 3 rings (SSSR count). The lowest BCUT2D eigenvalue weighted by atomic mass is 10.1. The highest BCUT2D eigenvalue weighted by Gasteiger charge is 2.27. The van der Waals surface area contributed by atoms with E-state index in [1.165, 1.54) is 6.42 Å². The molecule has 2 aliphatic rings. The highest BCUT2D eigenvalue weighted by molar-refractivity contribution is 7.92. The molecule has 0 aliphatic carbocycles. The molecule has 2 fully saturated rings. The number of sulfone groups is 1. The third-order valence-electron chi connectivity index (χ3n) is 5.90. The van der Waals surface area contributed by atoms with Gasteiger partial charge in [0.05, 0.1) is 12.3 Å². The van der Waals surface area contributed by atoms with Gasteiger partial charge in [0.25, 0.3) is 0 Å². The maximum absolute atomic E-state index is 12.5. The lowest BCUT2D eigenvalue weighted by molar-refractivity contribution is -0.134. The van der Waals surface area contributed by atoms with Crippen molar-refractivity contribution in [1.29, 1.82) is 0 Å². The second-order valence-corrected chi connectivity index (χ2v) is 10.5. The normalized spacial score (nSPS) is 18.4. The van der Waals surface area contributed by atoms with Crippen molar-refractivity contribution in [1.82, 2.24) is 14.7 Å². The van der Waals surface area contributed by atoms with Crippen LogP contribution in [0.1, 0.15) is 31.2 Å². The van der Waals surface area contributed by atoms with E-state index in [9.17, 15) is 18.0 Å². The topological polar surface area (TPSA) is 78.0 Å². The Balaban J connectivity index is 1.37. The van der Waals surface area contributed by atoms with E-state index in [4.69, 9.17) is 0 Å². The highest BCUT2D eigenvalue weighted by atomic mass is 32.2. The molecule has 0 atom stereocenters. The predicted molar refractivity (Wildman–Crippen MR) is 117 cm³/mol. The summed E-state index contributed by atoms with van der Waals surface area (Å²) >= 11 is 0. The average Bonchev–Trinajstić information content (AvgIpc) is 2.75. The standard InChI is InChI=1S/C22H33N3O4S/c26-21(24-11-5-2-6-12-24)18-23-13-15-25(16-14-23)22(27)19-30(28,29)17-7-10-20-8-3-1-4-9-20/h1,3-4,8-9H,2,5-7,10-19H2. The van der Waals surface area contributed by atoms with E-state index >= 15 is 0 Å². The van der Waals surface area contributed by atoms with Gasteiger partial charge >= 0.3 is 0 Å². The molecule has 0 N–H and O–H groups in total. The molecule has 1 aromatic rings. The number of likely N-dealkylation sites (tertiary alicyclic amines) is 1. The van der Waals surface area contributed by atoms with Crippen LogP contribution in [0.4, 0.5) is 0 Å². The van der Waals surface area contributed by atoms with E-state index in [0.717, 1.165) is 31.5 Å². The van der Waals surface area contributed by atoms with Gasteiger partial charge < -0.3 is 9.80 Å². The molecule has 30 heavy (non-hydrogen) atoms. The lowest BCUT2D eigenvalue weighted by Crippen LogP contribution is -2.53. The average molecular weight is 436 g/mol. The number of benzene rings is 1. The van der Waals surface area contributed by atoms with Crippen molar-refractivity contribution < 1.29 is 18.0 Å². The first-order valence-corrected chi connectivity index (χ1v) is 12.8. The first kappa shape index (κ1) is 22.7. The number of piperazine rings is 1. The zero-order valence-corrected chi connectivity index (χ0v) is 18.5. The summed E-state index contributed by atoms with van der Waals surface area (Å²) in [6, 6.07) is 9.77. The van der Waals surface area contributed by atoms with Gasteiger partial charge in [-0.05, 0) is 37.7 Å². The SMILES string of the molecule is O=C(CN1CCN(C(=O)CS(=O)(=O)CCCc2ccccc2)CC1)N1CCCCC1. The zero-order chi connectivity index (χ0) is 21.4. The molecule has 0 unspecified atom stereocenters. The lowest BCUT2D eigenvalue weighted by Gasteiger charge is -2.36. The van der Waals surface area contributed by atoms with E-state index < -0.39 is 15.6 Å². The molecule has 1 aromatic carbocycles. The number of carbonyl (C=O) groups is 2. The summed E-state index contributed by atoms with van der Waals surface area (Å²) in [6.45, 7) is 4.26. The second kappa shape index (κ2) is 10.9. The van der Waals surface area contributed by atoms with Gasteiger partial charge in [0.15, 0.2) is 9.84 Å². The van der Waals surface area contributed by atoms with E-state index in [-0.39, 0.29) is 17.6 Å². The van der Waals surface area contributed by atoms with Gasteiger partial charge in [-0.1, -0.05) is 30.3 Å². The number of hydrogen-bond donors (Lipinski definition) is 0. The maximum Gasteiger partial charge on any atom is 0.237 e. The Morgan fingerprint density at radius 2 is 1.43 bits per heavy atom. The van der Waals surface area contributed by atoms with Crippen LogP contribution in [0.25, 0.3) is 0 Å². The van der Waals surface area contributed by atoms with Gasteiger partial charge in [-0.3, -0.25) is 14.5 Å². The Labute approximate surface area is 179 Å². The van der Waals surface area contributed by atoms with Gasteiger partial charge in [0.2, 0.25) is 11.8 Å². The summed E-state index contributed by atoms with van der Waals surface area (Å²) in [6.07, 6.45) is 4.56. The smallest absolute Gasteiger partial charge is 0.237 e. The van der Waals surface area contributed by atoms with Crippen LogP contribution < -0.4 is 0 Å². The van der Waals surface area contributed by atoms with Crippen molar-refractivity contribution >= 4 is 21.7 Å². The Morgan fingerprint density at radius 1 is 0.800 bits per heavy atom. The highest BCUT2D eigenvalue weighted by Crippen LogP contribution is 2.11. The van der Waals surface area contributed by atoms with Crippen molar-refractivity contribution in [2.24, 2.45) is 0 Å². The van der Waals surface area contributed by atoms with Crippen LogP contribution in [-0.2, 0) is 25.8 Å². The van der Waals surface area contributed by atoms with Crippen LogP contribution in [0.3, 0.4) is 0 Å². The number of piperidine rings is 1. The molecule has 166 valence electrons. The number of aryl methyl sites for hydroxylation is 1. The minimum Gasteiger partial charge on any atom is -0.342 e. The quantitative estimate of drug-likeness (QED) is 0.613. The number of rotatable bonds is 8. The monoisotopic (exact) mass is 435 g/mol. The summed E-state index contributed by atoms with van der Waals surface area (Å²) in [7, 11) is -3.41. The third kappa shape index (κ3) is 7.09. The molecule has 7 nitrogen and oxygen atoms in total. The second-order valence-electron chi connectivity index (χ2n) is 8.28. The fourth-order valence-corrected chi connectivity index (χ4v) is 5.37. The summed E-state index contributed by atoms with van der Waals surface area (Å²) in [5, 5.41) is 0. The van der Waals surface area contributed by atoms with Crippen LogP contribution >= 0.6 is 0 Å². The van der Waals surface area contributed by atoms with Crippen LogP contribution in [0.2, 0.25) is 0 Å². The summed E-state index contributed by atoms with van der Waals surface area (Å²) in [5.41, 5.74) is 1.11. The summed E-state index contributed by atoms with van der Waals surface area (Å²) in [4.78, 5) is 30.5. The zero-order valence-electron chi connectivity index (χ0n) is 17.7. The molecular weight excluding hydrogens is 402 g/mol. The van der Waals surface area contributed by atoms with Gasteiger partial charge in [-0.2, -0.15) is 0 Å². The van der Waals surface area contributed by atoms with Crippen molar-refractivity contribution in [3.05, 3.63) is 35.9 Å². The van der Waals surface area contributed by atoms with Crippen LogP contribution in [-0.4, -0.2) is 92.3 Å². The third-order valence-corrected chi connectivity index (χ3v) is 7.50. The summed E-state index contributed by atoms with van der Waals surface area (Å²) in [5.74, 6) is -0.556. The van der Waals surface area contributed by atoms with E-state index in [2.05, 4.69) is 4.90 Å². The molecule has 0 saturated carbocycles. The molecule has 2 amide bonds. The Bertz CT molecular complexity index is 799. The molecule has 0 aromatic heterocycles. The maximum atomic E-state index is 12.5. The van der Waals surface area contributed by atoms with Crippen molar-refractivity contribution in [3.8, 4) is 0 Å². The Kier molecular flexibility index (Phi) is 8.27. The minimum atomic E-state index is -3.41. The number of nitrogens with zero attached hydrogens (tertiary/aromatic N) is 3. The summed E-state index contributed by atoms with van der Waals surface area (Å²) < 4.78 is 24.7. The molecule has 0 spiro atoms. The minimum absolute atomic E-state index is 0.0257. The van der Waals surface area contributed by atoms with Gasteiger partial charge in [-0.25, -0.2) is 8.42 Å². The van der Waals surface area contributed by atoms with Crippen molar-refractivity contribution in [2.45, 2.75) is 32.1 Å². The van der Waals surface area contributed by atoms with Crippen LogP contribution in [0.15, 0.2) is 30.3 Å². The van der Waals surface area contributed by atoms with E-state index in [0.29, 0.717) is 45.6 Å². The fourth-order valence-electron chi connectivity index (χ4n) is 4.08. The number of carbonyl (C=O) groups excluding carboxylic acids is 2. The number of amides is 2. The molecule has 2 aliphatic heterocycles. The van der Waals surface area contributed by atoms with Crippen LogP contribution in [0, 0.1) is 0 Å². The Hall–Kier alpha value is -1.93. The largest absolute Gasteiger partial charge is 0.342 e. The van der Waals surface area contributed by atoms with Crippen LogP contribution in [0.5, 0.6) is 0 Å². The van der Waals surface area contributed by atoms with E-state index in [1.807, 2.05) is 35.2 Å². The van der Waals surface area contributed by atoms with E-state index in [1.54, 1.807) is 4.90 Å². The first-order valence-electron chi connectivity index (χ1n) is 11.0. The molecular formula is C22H33N3O4S. The predicted octanol–water partition coefficient (Wildman–Crippen LogP) is 1.19. The Morgan fingerprint density at radius 3 is 2.10 bits per heavy atom. The van der Waals surface area contributed by atoms with Gasteiger partial charge in [0.1, 0.15) is 5.75 Å². The van der Waals surface area contributed by atoms with Gasteiger partial charge in [-0.15, -0.1) is 0 Å².